The summed E-state index contributed by atoms with van der Waals surface area (Å²) in [4.78, 5) is 4.63. The summed E-state index contributed by atoms with van der Waals surface area (Å²) in [5.41, 5.74) is 15.4. The van der Waals surface area contributed by atoms with Gasteiger partial charge in [-0.1, -0.05) is 109 Å². The second-order valence-electron chi connectivity index (χ2n) is 13.7. The van der Waals surface area contributed by atoms with Gasteiger partial charge < -0.3 is 14.7 Å². The average molecular weight is 711 g/mol. The first-order valence-corrected chi connectivity index (χ1v) is 18.7. The van der Waals surface area contributed by atoms with Crippen LogP contribution in [0.4, 0.5) is 0 Å². The van der Waals surface area contributed by atoms with E-state index in [4.69, 9.17) is 15.6 Å². The number of para-hydroxylation sites is 2. The van der Waals surface area contributed by atoms with E-state index in [1.807, 2.05) is 65.9 Å². The molecule has 254 valence electrons. The molecule has 11 aromatic rings. The summed E-state index contributed by atoms with van der Waals surface area (Å²) in [5.74, 6) is 0.379. The number of nitrogens with zero attached hydrogens (tertiary/aromatic N) is 2. The van der Waals surface area contributed by atoms with Gasteiger partial charge in [-0.25, -0.2) is 4.99 Å². The Kier molecular flexibility index (Phi) is 6.66. The first-order chi connectivity index (χ1) is 26.6. The van der Waals surface area contributed by atoms with Crippen molar-refractivity contribution >= 4 is 97.7 Å². The minimum absolute atomic E-state index is 0.109. The van der Waals surface area contributed by atoms with Gasteiger partial charge in [0.2, 0.25) is 0 Å². The number of aromatic nitrogens is 1. The highest BCUT2D eigenvalue weighted by molar-refractivity contribution is 7.26. The zero-order chi connectivity index (χ0) is 35.9. The molecule has 5 nitrogen and oxygen atoms in total. The lowest BCUT2D eigenvalue weighted by Gasteiger charge is -2.13. The maximum Gasteiger partial charge on any atom is 0.154 e. The number of hydrogen-bond acceptors (Lipinski definition) is 3. The summed E-state index contributed by atoms with van der Waals surface area (Å²) in [6, 6.07) is 57.0. The summed E-state index contributed by atoms with van der Waals surface area (Å²) in [5, 5.41) is 17.8. The predicted octanol–water partition coefficient (Wildman–Crippen LogP) is 12.6. The van der Waals surface area contributed by atoms with E-state index in [-0.39, 0.29) is 11.7 Å². The Morgan fingerprint density at radius 1 is 0.574 bits per heavy atom. The number of hydrogen-bond donors (Lipinski definition) is 2. The lowest BCUT2D eigenvalue weighted by Crippen LogP contribution is -2.16. The average Bonchev–Trinajstić information content (AvgIpc) is 3.89. The molecule has 3 N–H and O–H groups in total. The highest BCUT2D eigenvalue weighted by Gasteiger charge is 2.20. The van der Waals surface area contributed by atoms with Gasteiger partial charge in [0.15, 0.2) is 5.84 Å². The van der Waals surface area contributed by atoms with Crippen molar-refractivity contribution in [1.82, 2.24) is 4.57 Å². The zero-order valence-electron chi connectivity index (χ0n) is 28.9. The molecule has 0 atom stereocenters. The van der Waals surface area contributed by atoms with Crippen LogP contribution in [0.15, 0.2) is 173 Å². The van der Waals surface area contributed by atoms with Crippen molar-refractivity contribution in [3.8, 4) is 16.8 Å². The number of benzene rings is 8. The van der Waals surface area contributed by atoms with Crippen LogP contribution in [0.3, 0.4) is 0 Å². The molecule has 3 aromatic heterocycles. The van der Waals surface area contributed by atoms with Gasteiger partial charge in [0, 0.05) is 58.5 Å². The van der Waals surface area contributed by atoms with Gasteiger partial charge in [0.1, 0.15) is 17.0 Å². The third-order valence-electron chi connectivity index (χ3n) is 10.6. The smallest absolute Gasteiger partial charge is 0.154 e. The van der Waals surface area contributed by atoms with Crippen LogP contribution in [0.5, 0.6) is 0 Å². The topological polar surface area (TPSA) is 80.3 Å². The molecule has 3 heterocycles. The van der Waals surface area contributed by atoms with Crippen LogP contribution in [0.2, 0.25) is 0 Å². The van der Waals surface area contributed by atoms with Crippen LogP contribution in [0, 0.1) is 5.41 Å². The zero-order valence-corrected chi connectivity index (χ0v) is 29.7. The van der Waals surface area contributed by atoms with Gasteiger partial charge >= 0.3 is 0 Å². The first-order valence-electron chi connectivity index (χ1n) is 17.9. The second kappa shape index (κ2) is 11.7. The van der Waals surface area contributed by atoms with Crippen LogP contribution < -0.4 is 5.73 Å². The molecule has 0 bridgehead atoms. The summed E-state index contributed by atoms with van der Waals surface area (Å²) < 4.78 is 11.3. The molecule has 0 unspecified atom stereocenters. The van der Waals surface area contributed by atoms with Gasteiger partial charge in [-0.05, 0) is 76.5 Å². The SMILES string of the molecule is N=C(N=C(N)c1cccc2oc3ccc(-c4cc(-n5c6ccccc6c6ccccc65)cc5sc6ccccc6c45)cc3c12)c1ccc2ccccc2c1. The number of rotatable bonds is 4. The number of furan rings is 1. The molecule has 0 fully saturated rings. The van der Waals surface area contributed by atoms with Crippen molar-refractivity contribution in [2.75, 3.05) is 0 Å². The van der Waals surface area contributed by atoms with Crippen molar-refractivity contribution < 1.29 is 4.42 Å². The van der Waals surface area contributed by atoms with Gasteiger partial charge in [-0.3, -0.25) is 5.41 Å². The molecular formula is C48H30N4OS. The summed E-state index contributed by atoms with van der Waals surface area (Å²) in [7, 11) is 0. The fourth-order valence-corrected chi connectivity index (χ4v) is 9.35. The van der Waals surface area contributed by atoms with E-state index in [0.29, 0.717) is 5.56 Å². The largest absolute Gasteiger partial charge is 0.456 e. The minimum atomic E-state index is 0.109. The van der Waals surface area contributed by atoms with E-state index >= 15 is 0 Å². The number of thiophene rings is 1. The van der Waals surface area contributed by atoms with E-state index < -0.39 is 0 Å². The summed E-state index contributed by atoms with van der Waals surface area (Å²) in [6.07, 6.45) is 0. The van der Waals surface area contributed by atoms with Crippen molar-refractivity contribution in [3.63, 3.8) is 0 Å². The van der Waals surface area contributed by atoms with Gasteiger partial charge in [-0.2, -0.15) is 0 Å². The van der Waals surface area contributed by atoms with E-state index in [1.54, 1.807) is 0 Å². The lowest BCUT2D eigenvalue weighted by atomic mass is 9.96. The Morgan fingerprint density at radius 3 is 2.11 bits per heavy atom. The lowest BCUT2D eigenvalue weighted by molar-refractivity contribution is 0.669. The summed E-state index contributed by atoms with van der Waals surface area (Å²) >= 11 is 1.83. The third-order valence-corrected chi connectivity index (χ3v) is 11.8. The molecule has 0 aliphatic carbocycles. The summed E-state index contributed by atoms with van der Waals surface area (Å²) in [6.45, 7) is 0. The van der Waals surface area contributed by atoms with Crippen LogP contribution in [-0.4, -0.2) is 16.2 Å². The minimum Gasteiger partial charge on any atom is -0.456 e. The number of nitrogens with one attached hydrogen (secondary N) is 1. The molecule has 0 aliphatic rings. The van der Waals surface area contributed by atoms with E-state index in [0.717, 1.165) is 55.1 Å². The molecule has 0 saturated carbocycles. The fourth-order valence-electron chi connectivity index (χ4n) is 8.19. The van der Waals surface area contributed by atoms with Crippen molar-refractivity contribution in [3.05, 3.63) is 175 Å². The maximum absolute atomic E-state index is 8.88. The molecule has 0 amide bonds. The molecular weight excluding hydrogens is 681 g/mol. The van der Waals surface area contributed by atoms with Crippen molar-refractivity contribution in [2.45, 2.75) is 0 Å². The van der Waals surface area contributed by atoms with E-state index in [1.165, 1.54) is 42.0 Å². The maximum atomic E-state index is 8.88. The van der Waals surface area contributed by atoms with Crippen molar-refractivity contribution in [2.24, 2.45) is 10.7 Å². The van der Waals surface area contributed by atoms with Crippen LogP contribution in [-0.2, 0) is 0 Å². The quantitative estimate of drug-likeness (QED) is 0.141. The second-order valence-corrected chi connectivity index (χ2v) is 14.8. The molecule has 11 rings (SSSR count). The van der Waals surface area contributed by atoms with Gasteiger partial charge in [-0.15, -0.1) is 11.3 Å². The molecule has 0 aliphatic heterocycles. The van der Waals surface area contributed by atoms with Gasteiger partial charge in [0.25, 0.3) is 0 Å². The number of nitrogens with two attached hydrogens (primary N) is 1. The molecule has 0 radical (unpaired) electrons. The highest BCUT2D eigenvalue weighted by atomic mass is 32.1. The van der Waals surface area contributed by atoms with Crippen LogP contribution in [0.1, 0.15) is 11.1 Å². The molecule has 0 spiro atoms. The molecule has 54 heavy (non-hydrogen) atoms. The Bertz CT molecular complexity index is 3330. The van der Waals surface area contributed by atoms with Crippen LogP contribution >= 0.6 is 11.3 Å². The molecule has 6 heteroatoms. The third kappa shape index (κ3) is 4.64. The monoisotopic (exact) mass is 710 g/mol. The highest BCUT2D eigenvalue weighted by Crippen LogP contribution is 2.44. The van der Waals surface area contributed by atoms with E-state index in [9.17, 15) is 0 Å². The Hall–Kier alpha value is -7.02. The Balaban J connectivity index is 1.12. The first kappa shape index (κ1) is 30.6. The molecule has 8 aromatic carbocycles. The number of fused-ring (bicyclic) bond motifs is 10. The standard InChI is InChI=1S/C48H30N4OS/c49-47(31-21-20-28-10-1-2-11-29(28)24-31)51-48(50)36-15-9-18-42-45(36)38-25-30(22-23-41(38)53-42)37-26-32(27-44-46(37)35-14-5-8-19-43(35)54-44)52-39-16-6-3-12-33(39)34-13-4-7-17-40(34)52/h1-27H,(H3,49,50,51). The Labute approximate surface area is 313 Å². The molecule has 0 saturated heterocycles. The fraction of sp³-hybridized carbons (Fsp3) is 0. The van der Waals surface area contributed by atoms with Gasteiger partial charge in [0.05, 0.1) is 11.0 Å². The predicted molar refractivity (Wildman–Crippen MR) is 228 cm³/mol. The number of aliphatic imine (C=N–C) groups is 1. The van der Waals surface area contributed by atoms with Crippen LogP contribution in [0.25, 0.3) is 91.5 Å². The number of amidine groups is 2. The normalized spacial score (nSPS) is 12.3. The van der Waals surface area contributed by atoms with Crippen molar-refractivity contribution in [1.29, 1.82) is 5.41 Å². The Morgan fingerprint density at radius 2 is 1.30 bits per heavy atom. The van der Waals surface area contributed by atoms with E-state index in [2.05, 4.69) is 119 Å².